The Morgan fingerprint density at radius 3 is 2.69 bits per heavy atom. The maximum atomic E-state index is 12.7. The molecule has 29 heavy (non-hydrogen) atoms. The fraction of sp³-hybridized carbons (Fsp3) is 0.250. The summed E-state index contributed by atoms with van der Waals surface area (Å²) in [6.07, 6.45) is 5.12. The number of nitrogens with one attached hydrogen (secondary N) is 2. The van der Waals surface area contributed by atoms with Crippen molar-refractivity contribution in [3.8, 4) is 11.3 Å². The number of carbonyl (C=O) groups excluding carboxylic acids is 1. The number of benzene rings is 1. The van der Waals surface area contributed by atoms with Crippen LogP contribution >= 0.6 is 11.3 Å². The lowest BCUT2D eigenvalue weighted by atomic mass is 10.1. The van der Waals surface area contributed by atoms with Gasteiger partial charge >= 0.3 is 0 Å². The standard InChI is InChI=1S/C20H20N4O3S2/c1-13-2-5-16(29(26,27)24-15-3-4-15)10-17(13)20(25)22-11-19-23-18(12-28-19)14-6-8-21-9-7-14/h2,5-10,12,15,24H,3-4,11H2,1H3,(H,22,25). The van der Waals surface area contributed by atoms with E-state index in [-0.39, 0.29) is 23.4 Å². The quantitative estimate of drug-likeness (QED) is 0.603. The molecular formula is C20H20N4O3S2. The molecule has 7 nitrogen and oxygen atoms in total. The Kier molecular flexibility index (Phi) is 5.44. The van der Waals surface area contributed by atoms with Crippen LogP contribution in [0.1, 0.15) is 33.8 Å². The lowest BCUT2D eigenvalue weighted by Gasteiger charge is -2.10. The highest BCUT2D eigenvalue weighted by Gasteiger charge is 2.28. The summed E-state index contributed by atoms with van der Waals surface area (Å²) < 4.78 is 27.5. The molecule has 1 aliphatic carbocycles. The molecule has 1 fully saturated rings. The first-order valence-corrected chi connectivity index (χ1v) is 11.5. The van der Waals surface area contributed by atoms with Gasteiger partial charge in [0.1, 0.15) is 5.01 Å². The fourth-order valence-corrected chi connectivity index (χ4v) is 4.87. The number of carbonyl (C=O) groups is 1. The minimum atomic E-state index is -3.61. The molecule has 2 aromatic heterocycles. The third-order valence-corrected chi connectivity index (χ3v) is 6.96. The first-order chi connectivity index (χ1) is 13.9. The average molecular weight is 429 g/mol. The van der Waals surface area contributed by atoms with Gasteiger partial charge in [-0.2, -0.15) is 0 Å². The van der Waals surface area contributed by atoms with E-state index in [1.54, 1.807) is 25.4 Å². The number of pyridine rings is 1. The summed E-state index contributed by atoms with van der Waals surface area (Å²) >= 11 is 1.45. The van der Waals surface area contributed by atoms with Gasteiger partial charge < -0.3 is 5.32 Å². The molecule has 1 amide bonds. The van der Waals surface area contributed by atoms with E-state index in [0.29, 0.717) is 11.1 Å². The van der Waals surface area contributed by atoms with Crippen molar-refractivity contribution < 1.29 is 13.2 Å². The van der Waals surface area contributed by atoms with Crippen LogP contribution in [-0.2, 0) is 16.6 Å². The van der Waals surface area contributed by atoms with Crippen LogP contribution in [0.5, 0.6) is 0 Å². The van der Waals surface area contributed by atoms with Crippen LogP contribution < -0.4 is 10.0 Å². The number of sulfonamides is 1. The van der Waals surface area contributed by atoms with Gasteiger partial charge in [-0.05, 0) is 49.6 Å². The van der Waals surface area contributed by atoms with Crippen LogP contribution in [0.3, 0.4) is 0 Å². The van der Waals surface area contributed by atoms with Gasteiger partial charge in [0.05, 0.1) is 17.1 Å². The number of aryl methyl sites for hydroxylation is 1. The van der Waals surface area contributed by atoms with Crippen molar-refractivity contribution in [3.05, 3.63) is 64.2 Å². The molecule has 2 heterocycles. The number of hydrogen-bond acceptors (Lipinski definition) is 6. The summed E-state index contributed by atoms with van der Waals surface area (Å²) in [4.78, 5) is 21.3. The van der Waals surface area contributed by atoms with Gasteiger partial charge in [0.2, 0.25) is 10.0 Å². The van der Waals surface area contributed by atoms with E-state index in [1.807, 2.05) is 17.5 Å². The Morgan fingerprint density at radius 2 is 1.97 bits per heavy atom. The molecule has 0 radical (unpaired) electrons. The summed E-state index contributed by atoms with van der Waals surface area (Å²) in [7, 11) is -3.61. The molecule has 3 aromatic rings. The third kappa shape index (κ3) is 4.69. The summed E-state index contributed by atoms with van der Waals surface area (Å²) in [6.45, 7) is 2.05. The topological polar surface area (TPSA) is 101 Å². The zero-order valence-electron chi connectivity index (χ0n) is 15.8. The summed E-state index contributed by atoms with van der Waals surface area (Å²) in [5.41, 5.74) is 2.85. The van der Waals surface area contributed by atoms with E-state index >= 15 is 0 Å². The number of rotatable bonds is 7. The molecule has 1 saturated carbocycles. The van der Waals surface area contributed by atoms with Crippen LogP contribution in [0.25, 0.3) is 11.3 Å². The average Bonchev–Trinajstić information content (AvgIpc) is 3.39. The Balaban J connectivity index is 1.46. The van der Waals surface area contributed by atoms with Gasteiger partial charge in [-0.3, -0.25) is 9.78 Å². The Labute approximate surface area is 173 Å². The van der Waals surface area contributed by atoms with E-state index in [2.05, 4.69) is 20.0 Å². The Hall–Kier alpha value is -2.62. The van der Waals surface area contributed by atoms with E-state index in [9.17, 15) is 13.2 Å². The van der Waals surface area contributed by atoms with Gasteiger partial charge in [-0.25, -0.2) is 18.1 Å². The molecule has 0 saturated heterocycles. The predicted molar refractivity (Wildman–Crippen MR) is 111 cm³/mol. The Morgan fingerprint density at radius 1 is 1.21 bits per heavy atom. The maximum absolute atomic E-state index is 12.7. The molecule has 2 N–H and O–H groups in total. The maximum Gasteiger partial charge on any atom is 0.251 e. The molecule has 0 atom stereocenters. The fourth-order valence-electron chi connectivity index (χ4n) is 2.80. The number of nitrogens with zero attached hydrogens (tertiary/aromatic N) is 2. The zero-order valence-corrected chi connectivity index (χ0v) is 17.4. The summed E-state index contributed by atoms with van der Waals surface area (Å²) in [5.74, 6) is -0.327. The number of hydrogen-bond donors (Lipinski definition) is 2. The molecule has 0 unspecified atom stereocenters. The molecule has 0 bridgehead atoms. The van der Waals surface area contributed by atoms with Crippen LogP contribution in [0.2, 0.25) is 0 Å². The number of thiazole rings is 1. The molecule has 150 valence electrons. The first kappa shape index (κ1) is 19.7. The second-order valence-corrected chi connectivity index (χ2v) is 9.57. The molecular weight excluding hydrogens is 408 g/mol. The largest absolute Gasteiger partial charge is 0.346 e. The highest BCUT2D eigenvalue weighted by molar-refractivity contribution is 7.89. The normalized spacial score (nSPS) is 14.0. The predicted octanol–water partition coefficient (Wildman–Crippen LogP) is 2.88. The zero-order chi connectivity index (χ0) is 20.4. The van der Waals surface area contributed by atoms with Gasteiger partial charge in [0, 0.05) is 34.9 Å². The lowest BCUT2D eigenvalue weighted by Crippen LogP contribution is -2.27. The van der Waals surface area contributed by atoms with Crippen molar-refractivity contribution in [2.75, 3.05) is 0 Å². The van der Waals surface area contributed by atoms with Crippen LogP contribution in [0.15, 0.2) is 53.0 Å². The van der Waals surface area contributed by atoms with Crippen molar-refractivity contribution >= 4 is 27.3 Å². The van der Waals surface area contributed by atoms with Crippen molar-refractivity contribution in [1.82, 2.24) is 20.0 Å². The summed E-state index contributed by atoms with van der Waals surface area (Å²) in [6, 6.07) is 8.38. The monoisotopic (exact) mass is 428 g/mol. The highest BCUT2D eigenvalue weighted by Crippen LogP contribution is 2.24. The minimum absolute atomic E-state index is 0.0121. The van der Waals surface area contributed by atoms with Gasteiger partial charge in [-0.15, -0.1) is 11.3 Å². The van der Waals surface area contributed by atoms with Gasteiger partial charge in [-0.1, -0.05) is 6.07 Å². The molecule has 0 spiro atoms. The van der Waals surface area contributed by atoms with Crippen LogP contribution in [0, 0.1) is 6.92 Å². The van der Waals surface area contributed by atoms with E-state index in [1.165, 1.54) is 23.5 Å². The first-order valence-electron chi connectivity index (χ1n) is 9.18. The van der Waals surface area contributed by atoms with Crippen molar-refractivity contribution in [1.29, 1.82) is 0 Å². The second kappa shape index (κ2) is 8.02. The van der Waals surface area contributed by atoms with Gasteiger partial charge in [0.15, 0.2) is 0 Å². The smallest absolute Gasteiger partial charge is 0.251 e. The molecule has 0 aliphatic heterocycles. The molecule has 1 aromatic carbocycles. The van der Waals surface area contributed by atoms with E-state index < -0.39 is 10.0 Å². The van der Waals surface area contributed by atoms with Crippen LogP contribution in [0.4, 0.5) is 0 Å². The molecule has 1 aliphatic rings. The van der Waals surface area contributed by atoms with Crippen molar-refractivity contribution in [2.45, 2.75) is 37.2 Å². The number of aromatic nitrogens is 2. The second-order valence-electron chi connectivity index (χ2n) is 6.92. The van der Waals surface area contributed by atoms with E-state index in [0.717, 1.165) is 29.1 Å². The number of amides is 1. The minimum Gasteiger partial charge on any atom is -0.346 e. The van der Waals surface area contributed by atoms with Gasteiger partial charge in [0.25, 0.3) is 5.91 Å². The molecule has 4 rings (SSSR count). The third-order valence-electron chi connectivity index (χ3n) is 4.59. The SMILES string of the molecule is Cc1ccc(S(=O)(=O)NC2CC2)cc1C(=O)NCc1nc(-c2ccncc2)cs1. The highest BCUT2D eigenvalue weighted by atomic mass is 32.2. The Bertz CT molecular complexity index is 1140. The van der Waals surface area contributed by atoms with Crippen molar-refractivity contribution in [2.24, 2.45) is 0 Å². The summed E-state index contributed by atoms with van der Waals surface area (Å²) in [5, 5.41) is 5.53. The van der Waals surface area contributed by atoms with Crippen molar-refractivity contribution in [3.63, 3.8) is 0 Å². The molecule has 9 heteroatoms. The van der Waals surface area contributed by atoms with Crippen LogP contribution in [-0.4, -0.2) is 30.3 Å². The lowest BCUT2D eigenvalue weighted by molar-refractivity contribution is 0.0950. The van der Waals surface area contributed by atoms with E-state index in [4.69, 9.17) is 0 Å².